The molecule has 0 saturated carbocycles. The third kappa shape index (κ3) is 7.89. The van der Waals surface area contributed by atoms with Gasteiger partial charge in [0.15, 0.2) is 0 Å². The summed E-state index contributed by atoms with van der Waals surface area (Å²) in [4.78, 5) is 39.7. The van der Waals surface area contributed by atoms with Crippen molar-refractivity contribution in [1.82, 2.24) is 14.0 Å². The molecule has 1 aromatic heterocycles. The summed E-state index contributed by atoms with van der Waals surface area (Å²) in [7, 11) is 0. The molecule has 1 N–H and O–H groups in total. The lowest BCUT2D eigenvalue weighted by molar-refractivity contribution is -0.137. The van der Waals surface area contributed by atoms with Crippen LogP contribution in [0.5, 0.6) is 0 Å². The summed E-state index contributed by atoms with van der Waals surface area (Å²) in [6.07, 6.45) is 4.77. The number of unbranched alkanes of at least 4 members (excludes halogenated alkanes) is 2. The van der Waals surface area contributed by atoms with Gasteiger partial charge in [-0.05, 0) is 68.3 Å². The number of ether oxygens (including phenoxy) is 1. The van der Waals surface area contributed by atoms with Crippen molar-refractivity contribution in [2.24, 2.45) is 0 Å². The molecule has 8 heteroatoms. The number of likely N-dealkylation sites (tertiary alicyclic amines) is 1. The number of benzene rings is 3. The van der Waals surface area contributed by atoms with E-state index in [4.69, 9.17) is 9.84 Å². The minimum atomic E-state index is -0.872. The van der Waals surface area contributed by atoms with Gasteiger partial charge >= 0.3 is 11.7 Å². The molecule has 4 aromatic rings. The average molecular weight is 584 g/mol. The van der Waals surface area contributed by atoms with Gasteiger partial charge in [-0.25, -0.2) is 4.79 Å². The fourth-order valence-corrected chi connectivity index (χ4v) is 6.00. The largest absolute Gasteiger partial charge is 0.481 e. The lowest BCUT2D eigenvalue weighted by Gasteiger charge is -2.34. The van der Waals surface area contributed by atoms with Gasteiger partial charge in [-0.2, -0.15) is 0 Å². The molecule has 0 amide bonds. The van der Waals surface area contributed by atoms with E-state index in [1.165, 1.54) is 15.7 Å². The summed E-state index contributed by atoms with van der Waals surface area (Å²) in [6.45, 7) is 3.66. The molecule has 3 aromatic carbocycles. The highest BCUT2D eigenvalue weighted by Crippen LogP contribution is 2.30. The Bertz CT molecular complexity index is 1550. The van der Waals surface area contributed by atoms with E-state index >= 15 is 0 Å². The highest BCUT2D eigenvalue weighted by molar-refractivity contribution is 5.77. The molecule has 0 spiro atoms. The number of aryl methyl sites for hydroxylation is 1. The summed E-state index contributed by atoms with van der Waals surface area (Å²) < 4.78 is 9.68. The zero-order valence-electron chi connectivity index (χ0n) is 24.6. The number of aromatic nitrogens is 2. The molecule has 1 aliphatic rings. The van der Waals surface area contributed by atoms with Gasteiger partial charge in [0, 0.05) is 32.6 Å². The van der Waals surface area contributed by atoms with E-state index in [1.807, 2.05) is 30.3 Å². The number of nitrogens with zero attached hydrogens (tertiary/aromatic N) is 3. The number of para-hydroxylation sites is 1. The quantitative estimate of drug-likeness (QED) is 0.198. The number of carboxylic acid groups (broad SMARTS) is 1. The van der Waals surface area contributed by atoms with Crippen LogP contribution in [0.15, 0.2) is 94.5 Å². The maximum atomic E-state index is 13.3. The van der Waals surface area contributed by atoms with E-state index in [0.29, 0.717) is 30.3 Å². The zero-order valence-corrected chi connectivity index (χ0v) is 24.6. The Morgan fingerprint density at radius 2 is 1.30 bits per heavy atom. The minimum absolute atomic E-state index is 0.0283. The van der Waals surface area contributed by atoms with Crippen LogP contribution in [0.1, 0.15) is 62.2 Å². The monoisotopic (exact) mass is 583 g/mol. The number of aliphatic carboxylic acids is 1. The number of rotatable bonds is 14. The van der Waals surface area contributed by atoms with Crippen molar-refractivity contribution in [3.05, 3.63) is 117 Å². The van der Waals surface area contributed by atoms with Crippen LogP contribution in [0.3, 0.4) is 0 Å². The predicted molar refractivity (Wildman–Crippen MR) is 168 cm³/mol. The van der Waals surface area contributed by atoms with Crippen LogP contribution < -0.4 is 11.2 Å². The Labute approximate surface area is 252 Å². The molecule has 8 nitrogen and oxygen atoms in total. The standard InChI is InChI=1S/C35H41N3O5/c39-32(40)19-9-10-24-38-34(41)30-17-7-8-18-31(30)37(35(38)42)23-12-11-22-36-25-20-29(21-26-36)43-33(27-13-3-1-4-14-27)28-15-5-2-6-16-28/h1-8,13-18,29,33H,9-12,19-26H2,(H,39,40). The number of fused-ring (bicyclic) bond motifs is 1. The van der Waals surface area contributed by atoms with E-state index in [0.717, 1.165) is 45.3 Å². The predicted octanol–water partition coefficient (Wildman–Crippen LogP) is 5.47. The molecule has 0 atom stereocenters. The first-order valence-electron chi connectivity index (χ1n) is 15.4. The molecule has 1 aliphatic heterocycles. The fourth-order valence-electron chi connectivity index (χ4n) is 6.00. The van der Waals surface area contributed by atoms with Gasteiger partial charge < -0.3 is 14.7 Å². The van der Waals surface area contributed by atoms with Crippen LogP contribution >= 0.6 is 0 Å². The normalized spacial score (nSPS) is 14.4. The van der Waals surface area contributed by atoms with Crippen molar-refractivity contribution in [3.8, 4) is 0 Å². The summed E-state index contributed by atoms with van der Waals surface area (Å²) in [5, 5.41) is 9.43. The number of carboxylic acids is 1. The molecular weight excluding hydrogens is 542 g/mol. The summed E-state index contributed by atoms with van der Waals surface area (Å²) in [6, 6.07) is 28.1. The number of hydrogen-bond donors (Lipinski definition) is 1. The van der Waals surface area contributed by atoms with Crippen LogP contribution in [-0.2, 0) is 22.6 Å². The number of piperidine rings is 1. The van der Waals surface area contributed by atoms with E-state index in [1.54, 1.807) is 10.6 Å². The summed E-state index contributed by atoms with van der Waals surface area (Å²) in [5.41, 5.74) is 2.38. The molecule has 0 radical (unpaired) electrons. The molecule has 2 heterocycles. The second kappa shape index (κ2) is 14.9. The van der Waals surface area contributed by atoms with E-state index < -0.39 is 5.97 Å². The van der Waals surface area contributed by atoms with Crippen molar-refractivity contribution in [2.75, 3.05) is 19.6 Å². The fraction of sp³-hybridized carbons (Fsp3) is 0.400. The van der Waals surface area contributed by atoms with Gasteiger partial charge in [0.2, 0.25) is 0 Å². The molecule has 43 heavy (non-hydrogen) atoms. The van der Waals surface area contributed by atoms with E-state index in [9.17, 15) is 14.4 Å². The lowest BCUT2D eigenvalue weighted by atomic mass is 10.00. The third-order valence-corrected chi connectivity index (χ3v) is 8.33. The van der Waals surface area contributed by atoms with Crippen molar-refractivity contribution in [1.29, 1.82) is 0 Å². The average Bonchev–Trinajstić information content (AvgIpc) is 3.04. The third-order valence-electron chi connectivity index (χ3n) is 8.33. The van der Waals surface area contributed by atoms with Crippen LogP contribution in [0.4, 0.5) is 0 Å². The molecular formula is C35H41N3O5. The Hall–Kier alpha value is -4.01. The Morgan fingerprint density at radius 1 is 0.744 bits per heavy atom. The van der Waals surface area contributed by atoms with Gasteiger partial charge in [-0.1, -0.05) is 72.8 Å². The van der Waals surface area contributed by atoms with Crippen LogP contribution in [0.2, 0.25) is 0 Å². The maximum Gasteiger partial charge on any atom is 0.331 e. The SMILES string of the molecule is O=C(O)CCCCn1c(=O)c2ccccc2n(CCCCN2CCC(OC(c3ccccc3)c3ccccc3)CC2)c1=O. The maximum absolute atomic E-state index is 13.3. The van der Waals surface area contributed by atoms with Gasteiger partial charge in [-0.15, -0.1) is 0 Å². The molecule has 0 aliphatic carbocycles. The number of hydrogen-bond acceptors (Lipinski definition) is 5. The zero-order chi connectivity index (χ0) is 30.0. The van der Waals surface area contributed by atoms with E-state index in [-0.39, 0.29) is 36.4 Å². The first kappa shape index (κ1) is 30.4. The molecule has 0 bridgehead atoms. The molecule has 1 saturated heterocycles. The van der Waals surface area contributed by atoms with Crippen molar-refractivity contribution < 1.29 is 14.6 Å². The Morgan fingerprint density at radius 3 is 1.95 bits per heavy atom. The van der Waals surface area contributed by atoms with Crippen LogP contribution in [-0.4, -0.2) is 50.8 Å². The molecule has 226 valence electrons. The molecule has 5 rings (SSSR count). The lowest BCUT2D eigenvalue weighted by Crippen LogP contribution is -2.40. The highest BCUT2D eigenvalue weighted by atomic mass is 16.5. The van der Waals surface area contributed by atoms with Gasteiger partial charge in [0.05, 0.1) is 17.0 Å². The first-order valence-corrected chi connectivity index (χ1v) is 15.4. The van der Waals surface area contributed by atoms with Crippen LogP contribution in [0, 0.1) is 0 Å². The van der Waals surface area contributed by atoms with Crippen LogP contribution in [0.25, 0.3) is 10.9 Å². The van der Waals surface area contributed by atoms with Gasteiger partial charge in [-0.3, -0.25) is 18.7 Å². The molecule has 1 fully saturated rings. The first-order chi connectivity index (χ1) is 21.0. The van der Waals surface area contributed by atoms with E-state index in [2.05, 4.69) is 53.4 Å². The second-order valence-electron chi connectivity index (χ2n) is 11.3. The van der Waals surface area contributed by atoms with Crippen molar-refractivity contribution in [2.45, 2.75) is 70.2 Å². The van der Waals surface area contributed by atoms with Crippen molar-refractivity contribution in [3.63, 3.8) is 0 Å². The molecule has 0 unspecified atom stereocenters. The smallest absolute Gasteiger partial charge is 0.331 e. The van der Waals surface area contributed by atoms with Gasteiger partial charge in [0.25, 0.3) is 5.56 Å². The summed E-state index contributed by atoms with van der Waals surface area (Å²) >= 11 is 0. The topological polar surface area (TPSA) is 93.8 Å². The Balaban J connectivity index is 1.15. The second-order valence-corrected chi connectivity index (χ2v) is 11.3. The van der Waals surface area contributed by atoms with Crippen molar-refractivity contribution >= 4 is 16.9 Å². The van der Waals surface area contributed by atoms with Gasteiger partial charge in [0.1, 0.15) is 6.10 Å². The Kier molecular flexibility index (Phi) is 10.6. The summed E-state index contributed by atoms with van der Waals surface area (Å²) in [5.74, 6) is -0.872. The minimum Gasteiger partial charge on any atom is -0.481 e. The number of carbonyl (C=O) groups is 1. The highest BCUT2D eigenvalue weighted by Gasteiger charge is 2.24.